The van der Waals surface area contributed by atoms with Crippen molar-refractivity contribution in [2.45, 2.75) is 53.0 Å². The maximum Gasteiger partial charge on any atom is 0.0540 e. The Morgan fingerprint density at radius 3 is 2.63 bits per heavy atom. The van der Waals surface area contributed by atoms with Gasteiger partial charge in [0.15, 0.2) is 0 Å². The van der Waals surface area contributed by atoms with E-state index in [0.717, 1.165) is 24.3 Å². The number of hydrogen-bond donors (Lipinski definition) is 1. The molecule has 1 unspecified atom stereocenters. The monoisotopic (exact) mass is 263 g/mol. The maximum absolute atomic E-state index is 4.42. The molecule has 0 saturated carbocycles. The summed E-state index contributed by atoms with van der Waals surface area (Å²) in [5.74, 6) is 2.23. The first-order valence-corrected chi connectivity index (χ1v) is 7.74. The molecule has 3 nitrogen and oxygen atoms in total. The molecule has 1 aliphatic rings. The minimum absolute atomic E-state index is 0.512. The zero-order chi connectivity index (χ0) is 14.0. The number of nitrogens with zero attached hydrogens (tertiary/aromatic N) is 2. The van der Waals surface area contributed by atoms with Crippen molar-refractivity contribution >= 4 is 0 Å². The Bertz CT molecular complexity index is 398. The molecule has 0 aliphatic heterocycles. The fourth-order valence-electron chi connectivity index (χ4n) is 3.44. The molecule has 1 heterocycles. The van der Waals surface area contributed by atoms with Crippen LogP contribution >= 0.6 is 0 Å². The van der Waals surface area contributed by atoms with Gasteiger partial charge in [-0.2, -0.15) is 5.10 Å². The Hall–Kier alpha value is -0.830. The van der Waals surface area contributed by atoms with Gasteiger partial charge in [-0.1, -0.05) is 27.7 Å². The Balaban J connectivity index is 2.01. The molecule has 0 amide bonds. The van der Waals surface area contributed by atoms with Crippen LogP contribution in [0.3, 0.4) is 0 Å². The summed E-state index contributed by atoms with van der Waals surface area (Å²) >= 11 is 0. The van der Waals surface area contributed by atoms with Gasteiger partial charge >= 0.3 is 0 Å². The van der Waals surface area contributed by atoms with E-state index in [0.29, 0.717) is 6.04 Å². The largest absolute Gasteiger partial charge is 0.310 e. The van der Waals surface area contributed by atoms with E-state index in [1.807, 2.05) is 4.68 Å². The van der Waals surface area contributed by atoms with E-state index in [1.165, 1.54) is 30.5 Å². The molecule has 0 aromatic carbocycles. The van der Waals surface area contributed by atoms with E-state index < -0.39 is 0 Å². The molecular weight excluding hydrogens is 234 g/mol. The highest BCUT2D eigenvalue weighted by atomic mass is 15.3. The van der Waals surface area contributed by atoms with Gasteiger partial charge in [-0.3, -0.25) is 4.68 Å². The number of fused-ring (bicyclic) bond motifs is 1. The van der Waals surface area contributed by atoms with Crippen molar-refractivity contribution < 1.29 is 0 Å². The van der Waals surface area contributed by atoms with E-state index in [-0.39, 0.29) is 0 Å². The summed E-state index contributed by atoms with van der Waals surface area (Å²) in [6.07, 6.45) is 5.77. The van der Waals surface area contributed by atoms with Gasteiger partial charge < -0.3 is 5.32 Å². The quantitative estimate of drug-likeness (QED) is 0.883. The highest BCUT2D eigenvalue weighted by Gasteiger charge is 2.25. The van der Waals surface area contributed by atoms with Crippen LogP contribution in [0.25, 0.3) is 0 Å². The molecule has 0 radical (unpaired) electrons. The smallest absolute Gasteiger partial charge is 0.0540 e. The average molecular weight is 263 g/mol. The third kappa shape index (κ3) is 3.19. The zero-order valence-corrected chi connectivity index (χ0v) is 13.1. The van der Waals surface area contributed by atoms with Gasteiger partial charge in [0.2, 0.25) is 0 Å². The predicted molar refractivity (Wildman–Crippen MR) is 80.1 cm³/mol. The first kappa shape index (κ1) is 14.6. The van der Waals surface area contributed by atoms with Crippen molar-refractivity contribution in [1.82, 2.24) is 15.1 Å². The van der Waals surface area contributed by atoms with Crippen LogP contribution in [0.5, 0.6) is 0 Å². The van der Waals surface area contributed by atoms with Crippen molar-refractivity contribution in [1.29, 1.82) is 0 Å². The van der Waals surface area contributed by atoms with Crippen LogP contribution in [0.1, 0.15) is 57.8 Å². The molecule has 19 heavy (non-hydrogen) atoms. The zero-order valence-electron chi connectivity index (χ0n) is 13.1. The minimum Gasteiger partial charge on any atom is -0.310 e. The third-order valence-electron chi connectivity index (χ3n) is 4.69. The highest BCUT2D eigenvalue weighted by Crippen LogP contribution is 2.30. The normalized spacial score (nSPS) is 19.5. The summed E-state index contributed by atoms with van der Waals surface area (Å²) in [5, 5.41) is 8.22. The topological polar surface area (TPSA) is 29.9 Å². The van der Waals surface area contributed by atoms with Gasteiger partial charge in [-0.05, 0) is 43.6 Å². The molecule has 1 aromatic rings. The number of rotatable bonds is 5. The molecule has 1 aromatic heterocycles. The van der Waals surface area contributed by atoms with Crippen molar-refractivity contribution in [3.05, 3.63) is 17.5 Å². The van der Waals surface area contributed by atoms with Crippen molar-refractivity contribution in [3.63, 3.8) is 0 Å². The fraction of sp³-hybridized carbons (Fsp3) is 0.812. The molecule has 0 bridgehead atoms. The summed E-state index contributed by atoms with van der Waals surface area (Å²) in [4.78, 5) is 0. The van der Waals surface area contributed by atoms with Crippen molar-refractivity contribution in [3.8, 4) is 0 Å². The predicted octanol–water partition coefficient (Wildman–Crippen LogP) is 3.32. The molecule has 3 heteroatoms. The van der Waals surface area contributed by atoms with Crippen LogP contribution in [0.2, 0.25) is 0 Å². The lowest BCUT2D eigenvalue weighted by molar-refractivity contribution is 0.260. The lowest BCUT2D eigenvalue weighted by Gasteiger charge is -2.30. The lowest BCUT2D eigenvalue weighted by Crippen LogP contribution is -2.33. The molecule has 0 spiro atoms. The van der Waals surface area contributed by atoms with Gasteiger partial charge in [-0.25, -0.2) is 0 Å². The molecule has 0 fully saturated rings. The summed E-state index contributed by atoms with van der Waals surface area (Å²) in [5.41, 5.74) is 2.86. The summed E-state index contributed by atoms with van der Waals surface area (Å²) < 4.78 is 2.05. The van der Waals surface area contributed by atoms with Gasteiger partial charge in [0.1, 0.15) is 0 Å². The molecule has 0 saturated heterocycles. The maximum atomic E-state index is 4.42. The van der Waals surface area contributed by atoms with Crippen LogP contribution in [0.4, 0.5) is 0 Å². The van der Waals surface area contributed by atoms with Crippen LogP contribution in [-0.2, 0) is 13.5 Å². The molecule has 1 atom stereocenters. The Labute approximate surface area is 117 Å². The summed E-state index contributed by atoms with van der Waals surface area (Å²) in [7, 11) is 2.06. The standard InChI is InChI=1S/C16H29N3/c1-11(2)13(12(3)4)9-17-15-7-6-8-16-14(15)10-18-19(16)5/h10-13,15,17H,6-9H2,1-5H3. The Morgan fingerprint density at radius 1 is 1.32 bits per heavy atom. The van der Waals surface area contributed by atoms with E-state index in [9.17, 15) is 0 Å². The molecule has 108 valence electrons. The average Bonchev–Trinajstić information content (AvgIpc) is 2.71. The molecule has 1 N–H and O–H groups in total. The van der Waals surface area contributed by atoms with Crippen molar-refractivity contribution in [2.75, 3.05) is 6.54 Å². The van der Waals surface area contributed by atoms with Crippen LogP contribution in [-0.4, -0.2) is 16.3 Å². The van der Waals surface area contributed by atoms with Gasteiger partial charge in [0, 0.05) is 24.3 Å². The van der Waals surface area contributed by atoms with Crippen LogP contribution in [0.15, 0.2) is 6.20 Å². The molecule has 2 rings (SSSR count). The highest BCUT2D eigenvalue weighted by molar-refractivity contribution is 5.24. The third-order valence-corrected chi connectivity index (χ3v) is 4.69. The van der Waals surface area contributed by atoms with Gasteiger partial charge in [0.05, 0.1) is 6.20 Å². The molecule has 1 aliphatic carbocycles. The second-order valence-corrected chi connectivity index (χ2v) is 6.68. The van der Waals surface area contributed by atoms with E-state index in [4.69, 9.17) is 0 Å². The summed E-state index contributed by atoms with van der Waals surface area (Å²) in [6, 6.07) is 0.512. The minimum atomic E-state index is 0.512. The van der Waals surface area contributed by atoms with Gasteiger partial charge in [-0.15, -0.1) is 0 Å². The second kappa shape index (κ2) is 6.08. The lowest BCUT2D eigenvalue weighted by atomic mass is 9.84. The SMILES string of the molecule is CC(C)C(CNC1CCCc2c1cnn2C)C(C)C. The van der Waals surface area contributed by atoms with E-state index in [1.54, 1.807) is 0 Å². The molecular formula is C16H29N3. The van der Waals surface area contributed by atoms with Crippen LogP contribution < -0.4 is 5.32 Å². The second-order valence-electron chi connectivity index (χ2n) is 6.68. The van der Waals surface area contributed by atoms with Crippen LogP contribution in [0, 0.1) is 17.8 Å². The van der Waals surface area contributed by atoms with E-state index >= 15 is 0 Å². The van der Waals surface area contributed by atoms with E-state index in [2.05, 4.69) is 51.4 Å². The number of aryl methyl sites for hydroxylation is 1. The number of hydrogen-bond acceptors (Lipinski definition) is 2. The van der Waals surface area contributed by atoms with Gasteiger partial charge in [0.25, 0.3) is 0 Å². The Morgan fingerprint density at radius 2 is 2.00 bits per heavy atom. The first-order valence-electron chi connectivity index (χ1n) is 7.74. The first-order chi connectivity index (χ1) is 9.00. The number of aromatic nitrogens is 2. The van der Waals surface area contributed by atoms with Crippen molar-refractivity contribution in [2.24, 2.45) is 24.8 Å². The number of nitrogens with one attached hydrogen (secondary N) is 1. The Kier molecular flexibility index (Phi) is 4.67. The summed E-state index contributed by atoms with van der Waals surface area (Å²) in [6.45, 7) is 10.5. The fourth-order valence-corrected chi connectivity index (χ4v) is 3.44.